The molecule has 0 fully saturated rings. The van der Waals surface area contributed by atoms with E-state index in [9.17, 15) is 15.2 Å². The average Bonchev–Trinajstić information content (AvgIpc) is 2.81. The van der Waals surface area contributed by atoms with Crippen LogP contribution in [-0.2, 0) is 6.61 Å². The molecule has 0 amide bonds. The fourth-order valence-corrected chi connectivity index (χ4v) is 1.65. The van der Waals surface area contributed by atoms with Gasteiger partial charge in [0.05, 0.1) is 11.0 Å². The standard InChI is InChI=1S/C12H13N3O5/c1-7(16)10-5-9(15(17)18)3-4-11(10)19-6-12-13-8(2)14-20-12/h3-5,7,16H,6H2,1-2H3. The number of aliphatic hydroxyl groups excluding tert-OH is 1. The first kappa shape index (κ1) is 13.9. The van der Waals surface area contributed by atoms with E-state index in [2.05, 4.69) is 10.1 Å². The van der Waals surface area contributed by atoms with Crippen LogP contribution in [0.25, 0.3) is 0 Å². The lowest BCUT2D eigenvalue weighted by Gasteiger charge is -2.11. The lowest BCUT2D eigenvalue weighted by atomic mass is 10.1. The lowest BCUT2D eigenvalue weighted by molar-refractivity contribution is -0.385. The molecule has 1 aromatic carbocycles. The summed E-state index contributed by atoms with van der Waals surface area (Å²) in [6.45, 7) is 3.21. The molecule has 1 heterocycles. The van der Waals surface area contributed by atoms with E-state index in [1.54, 1.807) is 6.92 Å². The highest BCUT2D eigenvalue weighted by atomic mass is 16.6. The van der Waals surface area contributed by atoms with Crippen molar-refractivity contribution >= 4 is 5.69 Å². The van der Waals surface area contributed by atoms with Crippen molar-refractivity contribution < 1.29 is 19.3 Å². The van der Waals surface area contributed by atoms with Crippen LogP contribution in [0, 0.1) is 17.0 Å². The minimum atomic E-state index is -0.894. The summed E-state index contributed by atoms with van der Waals surface area (Å²) in [4.78, 5) is 14.2. The first-order chi connectivity index (χ1) is 9.47. The Morgan fingerprint density at radius 2 is 2.30 bits per heavy atom. The Morgan fingerprint density at radius 1 is 1.55 bits per heavy atom. The Labute approximate surface area is 114 Å². The average molecular weight is 279 g/mol. The Bertz CT molecular complexity index is 623. The van der Waals surface area contributed by atoms with Gasteiger partial charge in [0.25, 0.3) is 11.6 Å². The Hall–Kier alpha value is -2.48. The maximum atomic E-state index is 10.7. The predicted molar refractivity (Wildman–Crippen MR) is 67.1 cm³/mol. The topological polar surface area (TPSA) is 112 Å². The zero-order valence-electron chi connectivity index (χ0n) is 10.9. The van der Waals surface area contributed by atoms with E-state index in [1.165, 1.54) is 25.1 Å². The van der Waals surface area contributed by atoms with E-state index in [1.807, 2.05) is 0 Å². The molecule has 0 aliphatic rings. The number of aliphatic hydroxyl groups is 1. The zero-order chi connectivity index (χ0) is 14.7. The van der Waals surface area contributed by atoms with Crippen molar-refractivity contribution in [3.8, 4) is 5.75 Å². The molecule has 2 aromatic rings. The molecule has 0 bridgehead atoms. The van der Waals surface area contributed by atoms with Gasteiger partial charge in [0.2, 0.25) is 0 Å². The fourth-order valence-electron chi connectivity index (χ4n) is 1.65. The van der Waals surface area contributed by atoms with Crippen molar-refractivity contribution in [3.05, 3.63) is 45.6 Å². The number of hydrogen-bond acceptors (Lipinski definition) is 7. The van der Waals surface area contributed by atoms with Crippen LogP contribution in [0.3, 0.4) is 0 Å². The number of aromatic nitrogens is 2. The van der Waals surface area contributed by atoms with Gasteiger partial charge >= 0.3 is 0 Å². The van der Waals surface area contributed by atoms with Gasteiger partial charge < -0.3 is 14.4 Å². The van der Waals surface area contributed by atoms with Crippen LogP contribution in [0.2, 0.25) is 0 Å². The number of ether oxygens (including phenoxy) is 1. The monoisotopic (exact) mass is 279 g/mol. The number of nitro groups is 1. The van der Waals surface area contributed by atoms with Gasteiger partial charge in [0.1, 0.15) is 5.75 Å². The fraction of sp³-hybridized carbons (Fsp3) is 0.333. The number of benzene rings is 1. The van der Waals surface area contributed by atoms with Crippen LogP contribution in [0.15, 0.2) is 22.7 Å². The summed E-state index contributed by atoms with van der Waals surface area (Å²) in [6, 6.07) is 4.02. The van der Waals surface area contributed by atoms with Crippen LogP contribution in [-0.4, -0.2) is 20.2 Å². The molecule has 1 unspecified atom stereocenters. The highest BCUT2D eigenvalue weighted by molar-refractivity contribution is 5.44. The maximum Gasteiger partial charge on any atom is 0.270 e. The quantitative estimate of drug-likeness (QED) is 0.657. The van der Waals surface area contributed by atoms with E-state index >= 15 is 0 Å². The molecular formula is C12H13N3O5. The van der Waals surface area contributed by atoms with E-state index in [-0.39, 0.29) is 18.2 Å². The molecular weight excluding hydrogens is 266 g/mol. The SMILES string of the molecule is Cc1noc(COc2ccc([N+](=O)[O-])cc2C(C)O)n1. The van der Waals surface area contributed by atoms with Crippen molar-refractivity contribution in [2.75, 3.05) is 0 Å². The van der Waals surface area contributed by atoms with E-state index < -0.39 is 11.0 Å². The first-order valence-electron chi connectivity index (χ1n) is 5.85. The minimum absolute atomic E-state index is 0.0262. The molecule has 1 aromatic heterocycles. The van der Waals surface area contributed by atoms with Crippen molar-refractivity contribution in [1.29, 1.82) is 0 Å². The van der Waals surface area contributed by atoms with Crippen LogP contribution in [0.1, 0.15) is 30.3 Å². The molecule has 20 heavy (non-hydrogen) atoms. The van der Waals surface area contributed by atoms with Crippen LogP contribution < -0.4 is 4.74 Å². The van der Waals surface area contributed by atoms with Crippen LogP contribution in [0.5, 0.6) is 5.75 Å². The molecule has 0 aliphatic heterocycles. The van der Waals surface area contributed by atoms with Gasteiger partial charge in [-0.15, -0.1) is 0 Å². The number of aryl methyl sites for hydroxylation is 1. The third kappa shape index (κ3) is 3.09. The number of nitro benzene ring substituents is 1. The summed E-state index contributed by atoms with van der Waals surface area (Å²) in [7, 11) is 0. The molecule has 8 heteroatoms. The molecule has 2 rings (SSSR count). The van der Waals surface area contributed by atoms with Crippen molar-refractivity contribution in [3.63, 3.8) is 0 Å². The van der Waals surface area contributed by atoms with Crippen molar-refractivity contribution in [2.24, 2.45) is 0 Å². The van der Waals surface area contributed by atoms with E-state index in [0.29, 0.717) is 17.1 Å². The zero-order valence-corrected chi connectivity index (χ0v) is 10.9. The van der Waals surface area contributed by atoms with Gasteiger partial charge in [-0.2, -0.15) is 4.98 Å². The Kier molecular flexibility index (Phi) is 3.94. The smallest absolute Gasteiger partial charge is 0.270 e. The molecule has 0 saturated carbocycles. The molecule has 106 valence electrons. The highest BCUT2D eigenvalue weighted by Crippen LogP contribution is 2.29. The highest BCUT2D eigenvalue weighted by Gasteiger charge is 2.16. The molecule has 1 atom stereocenters. The number of rotatable bonds is 5. The van der Waals surface area contributed by atoms with E-state index in [0.717, 1.165) is 0 Å². The molecule has 1 N–H and O–H groups in total. The summed E-state index contributed by atoms with van der Waals surface area (Å²) >= 11 is 0. The second-order valence-corrected chi connectivity index (χ2v) is 4.18. The summed E-state index contributed by atoms with van der Waals surface area (Å²) in [5, 5.41) is 24.0. The van der Waals surface area contributed by atoms with Crippen molar-refractivity contribution in [2.45, 2.75) is 26.6 Å². The van der Waals surface area contributed by atoms with Gasteiger partial charge in [-0.25, -0.2) is 0 Å². The Balaban J connectivity index is 2.20. The largest absolute Gasteiger partial charge is 0.483 e. The third-order valence-corrected chi connectivity index (χ3v) is 2.58. The lowest BCUT2D eigenvalue weighted by Crippen LogP contribution is -2.02. The van der Waals surface area contributed by atoms with Crippen LogP contribution >= 0.6 is 0 Å². The van der Waals surface area contributed by atoms with Crippen molar-refractivity contribution in [1.82, 2.24) is 10.1 Å². The minimum Gasteiger partial charge on any atom is -0.483 e. The maximum absolute atomic E-state index is 10.7. The predicted octanol–water partition coefficient (Wildman–Crippen LogP) is 1.92. The summed E-state index contributed by atoms with van der Waals surface area (Å²) in [5.74, 6) is 1.11. The van der Waals surface area contributed by atoms with Gasteiger partial charge in [-0.3, -0.25) is 10.1 Å². The molecule has 0 saturated heterocycles. The normalized spacial score (nSPS) is 12.2. The molecule has 0 spiro atoms. The van der Waals surface area contributed by atoms with Gasteiger partial charge in [-0.05, 0) is 19.9 Å². The molecule has 0 aliphatic carbocycles. The summed E-state index contributed by atoms with van der Waals surface area (Å²) in [6.07, 6.45) is -0.894. The molecule has 8 nitrogen and oxygen atoms in total. The van der Waals surface area contributed by atoms with E-state index in [4.69, 9.17) is 9.26 Å². The number of hydrogen-bond donors (Lipinski definition) is 1. The first-order valence-corrected chi connectivity index (χ1v) is 5.85. The second kappa shape index (κ2) is 5.66. The number of nitrogens with zero attached hydrogens (tertiary/aromatic N) is 3. The van der Waals surface area contributed by atoms with Gasteiger partial charge in [-0.1, -0.05) is 5.16 Å². The number of non-ortho nitro benzene ring substituents is 1. The summed E-state index contributed by atoms with van der Waals surface area (Å²) < 4.78 is 10.3. The molecule has 0 radical (unpaired) electrons. The van der Waals surface area contributed by atoms with Gasteiger partial charge in [0, 0.05) is 17.7 Å². The Morgan fingerprint density at radius 3 is 2.85 bits per heavy atom. The second-order valence-electron chi connectivity index (χ2n) is 4.18. The van der Waals surface area contributed by atoms with Crippen LogP contribution in [0.4, 0.5) is 5.69 Å². The van der Waals surface area contributed by atoms with Gasteiger partial charge in [0.15, 0.2) is 12.4 Å². The summed E-state index contributed by atoms with van der Waals surface area (Å²) in [5.41, 5.74) is 0.220. The third-order valence-electron chi connectivity index (χ3n) is 2.58.